The lowest BCUT2D eigenvalue weighted by molar-refractivity contribution is 0.658. The highest BCUT2D eigenvalue weighted by molar-refractivity contribution is 7.33. The molecule has 2 aromatic carbocycles. The molecule has 0 nitrogen and oxygen atoms in total. The Morgan fingerprint density at radius 3 is 1.05 bits per heavy atom. The molecule has 0 bridgehead atoms. The van der Waals surface area contributed by atoms with Crippen molar-refractivity contribution in [3.05, 3.63) is 95.2 Å². The summed E-state index contributed by atoms with van der Waals surface area (Å²) in [6.07, 6.45) is 0. The van der Waals surface area contributed by atoms with Crippen LogP contribution in [0.5, 0.6) is 0 Å². The first-order valence-corrected chi connectivity index (χ1v) is 20.0. The lowest BCUT2D eigenvalue weighted by Gasteiger charge is -1.99. The van der Waals surface area contributed by atoms with Gasteiger partial charge in [0.05, 0.1) is 0 Å². The molecule has 8 heterocycles. The van der Waals surface area contributed by atoms with Gasteiger partial charge < -0.3 is 0 Å². The van der Waals surface area contributed by atoms with E-state index in [0.29, 0.717) is 0 Å². The van der Waals surface area contributed by atoms with E-state index in [0.717, 1.165) is 18.8 Å². The second-order valence-electron chi connectivity index (χ2n) is 10.5. The van der Waals surface area contributed by atoms with Crippen molar-refractivity contribution in [2.45, 2.75) is 0 Å². The summed E-state index contributed by atoms with van der Waals surface area (Å²) in [6, 6.07) is 30.3. The quantitative estimate of drug-likeness (QED) is 0.170. The molecule has 10 aromatic rings. The summed E-state index contributed by atoms with van der Waals surface area (Å²) >= 11 is 13.1. The summed E-state index contributed by atoms with van der Waals surface area (Å²) < 4.78 is 33.8. The zero-order valence-electron chi connectivity index (χ0n) is 22.1. The van der Waals surface area contributed by atoms with Crippen molar-refractivity contribution < 1.29 is 8.78 Å². The first-order valence-electron chi connectivity index (χ1n) is 13.5. The molecule has 0 unspecified atom stereocenters. The van der Waals surface area contributed by atoms with E-state index in [1.165, 1.54) is 92.6 Å². The number of benzene rings is 2. The van der Waals surface area contributed by atoms with E-state index in [1.807, 2.05) is 45.3 Å². The van der Waals surface area contributed by atoms with Crippen molar-refractivity contribution in [3.63, 3.8) is 0 Å². The highest BCUT2D eigenvalue weighted by Crippen LogP contribution is 2.47. The molecule has 0 N–H and O–H groups in total. The maximum Gasteiger partial charge on any atom is 0.178 e. The van der Waals surface area contributed by atoms with Crippen LogP contribution in [0.2, 0.25) is 0 Å². The molecule has 0 saturated heterocycles. The molecule has 8 aromatic heterocycles. The Labute approximate surface area is 281 Å². The summed E-state index contributed by atoms with van der Waals surface area (Å²) in [5.41, 5.74) is 0. The van der Waals surface area contributed by atoms with E-state index < -0.39 is 0 Å². The Morgan fingerprint density at radius 2 is 0.636 bits per heavy atom. The zero-order valence-corrected chi connectivity index (χ0v) is 28.6. The van der Waals surface area contributed by atoms with Gasteiger partial charge in [-0.25, -0.2) is 0 Å². The van der Waals surface area contributed by atoms with E-state index in [4.69, 9.17) is 0 Å². The van der Waals surface area contributed by atoms with Gasteiger partial charge in [-0.05, 0) is 94.3 Å². The molecule has 10 heteroatoms. The van der Waals surface area contributed by atoms with Crippen LogP contribution in [0, 0.1) is 10.3 Å². The highest BCUT2D eigenvalue weighted by atomic mass is 32.1. The van der Waals surface area contributed by atoms with Gasteiger partial charge in [-0.15, -0.1) is 90.7 Å². The standard InChI is InChI=1S/C34H14F2S8/c35-33-13-31-29(43-33)11-27(41-31)21-3-1-19(37-21)25-9-17-5-15-8-24-18(6-16(15)7-23(17)39-25)10-26(40-24)20-2-4-22(38-20)28-12-30-32(42-28)14-34(36)44-30/h1-14H. The number of fused-ring (bicyclic) bond motifs is 5. The second-order valence-corrected chi connectivity index (χ2v) is 19.0. The van der Waals surface area contributed by atoms with E-state index in [2.05, 4.69) is 72.8 Å². The lowest BCUT2D eigenvalue weighted by atomic mass is 10.1. The molecule has 0 saturated carbocycles. The molecule has 10 rings (SSSR count). The molecule has 0 aliphatic rings. The third kappa shape index (κ3) is 4.31. The maximum absolute atomic E-state index is 13.6. The summed E-state index contributed by atoms with van der Waals surface area (Å²) in [7, 11) is 0. The van der Waals surface area contributed by atoms with Crippen molar-refractivity contribution in [2.75, 3.05) is 0 Å². The predicted molar refractivity (Wildman–Crippen MR) is 199 cm³/mol. The van der Waals surface area contributed by atoms with Gasteiger partial charge in [-0.3, -0.25) is 0 Å². The first kappa shape index (κ1) is 26.4. The van der Waals surface area contributed by atoms with E-state index >= 15 is 0 Å². The average Bonchev–Trinajstić information content (AvgIpc) is 3.82. The normalized spacial score (nSPS) is 12.3. The van der Waals surface area contributed by atoms with Crippen LogP contribution in [0.15, 0.2) is 84.9 Å². The fraction of sp³-hybridized carbons (Fsp3) is 0. The Balaban J connectivity index is 0.972. The maximum atomic E-state index is 13.6. The molecule has 0 aliphatic heterocycles. The van der Waals surface area contributed by atoms with Gasteiger partial charge in [0, 0.05) is 79.3 Å². The van der Waals surface area contributed by atoms with Crippen LogP contribution in [0.1, 0.15) is 0 Å². The molecular formula is C34H14F2S8. The predicted octanol–water partition coefficient (Wildman–Crippen LogP) is 14.9. The van der Waals surface area contributed by atoms with Crippen LogP contribution >= 0.6 is 90.7 Å². The monoisotopic (exact) mass is 716 g/mol. The SMILES string of the molecule is Fc1cc2sc(-c3ccc(-c4cc5cc6cc7sc(-c8ccc(-c9cc%10sc(F)cc%10s9)s8)cc7cc6cc5s4)s3)cc2s1. The van der Waals surface area contributed by atoms with Gasteiger partial charge in [-0.1, -0.05) is 0 Å². The minimum atomic E-state index is -0.117. The van der Waals surface area contributed by atoms with Crippen LogP contribution < -0.4 is 0 Å². The summed E-state index contributed by atoms with van der Waals surface area (Å²) in [4.78, 5) is 9.97. The summed E-state index contributed by atoms with van der Waals surface area (Å²) in [6.45, 7) is 0. The number of halogens is 2. The molecule has 0 fully saturated rings. The van der Waals surface area contributed by atoms with E-state index in [1.54, 1.807) is 34.8 Å². The van der Waals surface area contributed by atoms with E-state index in [9.17, 15) is 8.78 Å². The van der Waals surface area contributed by atoms with Crippen LogP contribution in [0.4, 0.5) is 8.78 Å². The molecule has 212 valence electrons. The summed E-state index contributed by atoms with van der Waals surface area (Å²) in [5, 5.41) is 4.84. The topological polar surface area (TPSA) is 0 Å². The molecule has 0 radical (unpaired) electrons. The van der Waals surface area contributed by atoms with Crippen LogP contribution in [0.25, 0.3) is 88.8 Å². The molecule has 0 atom stereocenters. The molecule has 0 amide bonds. The van der Waals surface area contributed by atoms with Crippen molar-refractivity contribution in [1.82, 2.24) is 0 Å². The number of thiophene rings is 8. The fourth-order valence-corrected chi connectivity index (χ4v) is 14.4. The van der Waals surface area contributed by atoms with Gasteiger partial charge >= 0.3 is 0 Å². The van der Waals surface area contributed by atoms with Crippen LogP contribution in [-0.2, 0) is 0 Å². The van der Waals surface area contributed by atoms with Gasteiger partial charge in [0.25, 0.3) is 0 Å². The van der Waals surface area contributed by atoms with Crippen molar-refractivity contribution in [1.29, 1.82) is 0 Å². The Bertz CT molecular complexity index is 2390. The molecular weight excluding hydrogens is 703 g/mol. The Morgan fingerprint density at radius 1 is 0.273 bits per heavy atom. The van der Waals surface area contributed by atoms with Crippen LogP contribution in [0.3, 0.4) is 0 Å². The van der Waals surface area contributed by atoms with Crippen molar-refractivity contribution in [3.8, 4) is 39.0 Å². The minimum Gasteiger partial charge on any atom is -0.195 e. The minimum absolute atomic E-state index is 0.117. The number of hydrogen-bond acceptors (Lipinski definition) is 8. The second kappa shape index (κ2) is 9.85. The highest BCUT2D eigenvalue weighted by Gasteiger charge is 2.15. The molecule has 44 heavy (non-hydrogen) atoms. The number of rotatable bonds is 4. The van der Waals surface area contributed by atoms with Crippen molar-refractivity contribution >= 4 is 140 Å². The Hall–Kier alpha value is -2.80. The Kier molecular flexibility index (Phi) is 5.91. The van der Waals surface area contributed by atoms with Gasteiger partial charge in [0.2, 0.25) is 0 Å². The first-order chi connectivity index (χ1) is 21.5. The van der Waals surface area contributed by atoms with Crippen molar-refractivity contribution in [2.24, 2.45) is 0 Å². The zero-order chi connectivity index (χ0) is 29.1. The third-order valence-corrected chi connectivity index (χ3v) is 17.0. The van der Waals surface area contributed by atoms with Gasteiger partial charge in [-0.2, -0.15) is 8.78 Å². The van der Waals surface area contributed by atoms with Crippen LogP contribution in [-0.4, -0.2) is 0 Å². The average molecular weight is 717 g/mol. The fourth-order valence-electron chi connectivity index (χ4n) is 5.63. The largest absolute Gasteiger partial charge is 0.195 e. The molecule has 0 aliphatic carbocycles. The van der Waals surface area contributed by atoms with Gasteiger partial charge in [0.1, 0.15) is 0 Å². The third-order valence-electron chi connectivity index (χ3n) is 7.65. The number of hydrogen-bond donors (Lipinski definition) is 0. The smallest absolute Gasteiger partial charge is 0.178 e. The lowest BCUT2D eigenvalue weighted by Crippen LogP contribution is -1.72. The van der Waals surface area contributed by atoms with Gasteiger partial charge in [0.15, 0.2) is 10.3 Å². The molecule has 0 spiro atoms. The van der Waals surface area contributed by atoms with E-state index in [-0.39, 0.29) is 10.3 Å². The summed E-state index contributed by atoms with van der Waals surface area (Å²) in [5.74, 6) is 0.